The largest absolute Gasteiger partial charge is 0.484 e. The van der Waals surface area contributed by atoms with Gasteiger partial charge in [0.15, 0.2) is 12.4 Å². The summed E-state index contributed by atoms with van der Waals surface area (Å²) < 4.78 is 5.36. The van der Waals surface area contributed by atoms with Crippen LogP contribution in [0.5, 0.6) is 5.75 Å². The third-order valence-corrected chi connectivity index (χ3v) is 4.22. The highest BCUT2D eigenvalue weighted by Gasteiger charge is 2.19. The first-order valence-corrected chi connectivity index (χ1v) is 8.12. The van der Waals surface area contributed by atoms with Gasteiger partial charge in [-0.2, -0.15) is 0 Å². The molecule has 1 aromatic carbocycles. The fourth-order valence-electron chi connectivity index (χ4n) is 2.06. The molecule has 2 rings (SSSR count). The van der Waals surface area contributed by atoms with Crippen molar-refractivity contribution in [1.82, 2.24) is 5.32 Å². The Morgan fingerprint density at radius 1 is 1.21 bits per heavy atom. The minimum Gasteiger partial charge on any atom is -0.484 e. The molecule has 0 aliphatic heterocycles. The molecule has 1 atom stereocenters. The fraction of sp³-hybridized carbons (Fsp3) is 0.235. The number of Topliss-reactive ketones (excluding diaryl/α,β-unsaturated/α-hetero) is 1. The van der Waals surface area contributed by atoms with Crippen molar-refractivity contribution in [3.05, 3.63) is 52.2 Å². The Kier molecular flexibility index (Phi) is 6.08. The minimum absolute atomic E-state index is 0.0493. The third-order valence-electron chi connectivity index (χ3n) is 3.23. The molecule has 1 unspecified atom stereocenters. The molecule has 2 N–H and O–H groups in total. The predicted molar refractivity (Wildman–Crippen MR) is 89.4 cm³/mol. The lowest BCUT2D eigenvalue weighted by molar-refractivity contribution is -0.137. The van der Waals surface area contributed by atoms with Gasteiger partial charge in [0.25, 0.3) is 5.91 Å². The van der Waals surface area contributed by atoms with Crippen molar-refractivity contribution in [3.63, 3.8) is 0 Å². The predicted octanol–water partition coefficient (Wildman–Crippen LogP) is 2.66. The molecule has 0 fully saturated rings. The Morgan fingerprint density at radius 2 is 1.92 bits per heavy atom. The SMILES string of the molecule is CC(=O)c1ccc(OCC(=O)NC(CC(=O)O)c2cccs2)cc1. The number of aliphatic carboxylic acids is 1. The number of nitrogens with one attached hydrogen (secondary N) is 1. The van der Waals surface area contributed by atoms with E-state index in [2.05, 4.69) is 5.32 Å². The van der Waals surface area contributed by atoms with E-state index in [1.165, 1.54) is 18.3 Å². The van der Waals surface area contributed by atoms with Crippen LogP contribution in [0.25, 0.3) is 0 Å². The first kappa shape index (κ1) is 17.7. The maximum absolute atomic E-state index is 12.0. The quantitative estimate of drug-likeness (QED) is 0.716. The molecule has 1 aromatic heterocycles. The lowest BCUT2D eigenvalue weighted by Gasteiger charge is -2.16. The molecule has 0 aliphatic rings. The van der Waals surface area contributed by atoms with Gasteiger partial charge in [-0.15, -0.1) is 11.3 Å². The number of benzene rings is 1. The molecular weight excluding hydrogens is 330 g/mol. The zero-order valence-electron chi connectivity index (χ0n) is 13.0. The van der Waals surface area contributed by atoms with Crippen LogP contribution < -0.4 is 10.1 Å². The summed E-state index contributed by atoms with van der Waals surface area (Å²) in [5, 5.41) is 13.5. The number of ketones is 1. The van der Waals surface area contributed by atoms with Gasteiger partial charge in [-0.1, -0.05) is 6.07 Å². The second-order valence-corrected chi connectivity index (χ2v) is 6.08. The minimum atomic E-state index is -0.991. The van der Waals surface area contributed by atoms with Crippen LogP contribution in [0.2, 0.25) is 0 Å². The van der Waals surface area contributed by atoms with Crippen LogP contribution in [0.15, 0.2) is 41.8 Å². The van der Waals surface area contributed by atoms with Gasteiger partial charge in [0.1, 0.15) is 5.75 Å². The summed E-state index contributed by atoms with van der Waals surface area (Å²) in [4.78, 5) is 34.9. The van der Waals surface area contributed by atoms with E-state index in [1.54, 1.807) is 36.4 Å². The number of thiophene rings is 1. The highest BCUT2D eigenvalue weighted by atomic mass is 32.1. The van der Waals surface area contributed by atoms with E-state index in [-0.39, 0.29) is 18.8 Å². The zero-order chi connectivity index (χ0) is 17.5. The molecular formula is C17H17NO5S. The van der Waals surface area contributed by atoms with E-state index in [4.69, 9.17) is 9.84 Å². The number of ether oxygens (including phenoxy) is 1. The summed E-state index contributed by atoms with van der Waals surface area (Å²) in [5.74, 6) is -0.993. The Bertz CT molecular complexity index is 709. The average molecular weight is 347 g/mol. The Hall–Kier alpha value is -2.67. The Morgan fingerprint density at radius 3 is 2.46 bits per heavy atom. The summed E-state index contributed by atoms with van der Waals surface area (Å²) in [7, 11) is 0. The second-order valence-electron chi connectivity index (χ2n) is 5.10. The maximum Gasteiger partial charge on any atom is 0.305 e. The number of carbonyl (C=O) groups is 3. The molecule has 1 heterocycles. The molecule has 0 radical (unpaired) electrons. The number of hydrogen-bond donors (Lipinski definition) is 2. The monoisotopic (exact) mass is 347 g/mol. The highest BCUT2D eigenvalue weighted by Crippen LogP contribution is 2.22. The molecule has 0 spiro atoms. The zero-order valence-corrected chi connectivity index (χ0v) is 13.8. The van der Waals surface area contributed by atoms with E-state index in [0.29, 0.717) is 11.3 Å². The van der Waals surface area contributed by atoms with Crippen molar-refractivity contribution in [2.24, 2.45) is 0 Å². The summed E-state index contributed by atoms with van der Waals surface area (Å²) in [5.41, 5.74) is 0.561. The molecule has 0 bridgehead atoms. The van der Waals surface area contributed by atoms with Crippen LogP contribution >= 0.6 is 11.3 Å². The first-order chi connectivity index (χ1) is 11.5. The molecule has 0 saturated carbocycles. The fourth-order valence-corrected chi connectivity index (χ4v) is 2.84. The molecule has 1 amide bonds. The maximum atomic E-state index is 12.0. The van der Waals surface area contributed by atoms with Crippen LogP contribution in [0.1, 0.15) is 34.6 Å². The number of carboxylic acid groups (broad SMARTS) is 1. The van der Waals surface area contributed by atoms with Gasteiger partial charge in [0, 0.05) is 10.4 Å². The van der Waals surface area contributed by atoms with Crippen molar-refractivity contribution in [2.45, 2.75) is 19.4 Å². The summed E-state index contributed by atoms with van der Waals surface area (Å²) in [6.45, 7) is 1.23. The van der Waals surface area contributed by atoms with E-state index in [0.717, 1.165) is 4.88 Å². The van der Waals surface area contributed by atoms with Gasteiger partial charge >= 0.3 is 5.97 Å². The van der Waals surface area contributed by atoms with Crippen LogP contribution in [0.3, 0.4) is 0 Å². The first-order valence-electron chi connectivity index (χ1n) is 7.24. The number of carbonyl (C=O) groups excluding carboxylic acids is 2. The van der Waals surface area contributed by atoms with Gasteiger partial charge in [0.2, 0.25) is 0 Å². The lowest BCUT2D eigenvalue weighted by atomic mass is 10.1. The lowest BCUT2D eigenvalue weighted by Crippen LogP contribution is -2.33. The smallest absolute Gasteiger partial charge is 0.305 e. The van der Waals surface area contributed by atoms with E-state index >= 15 is 0 Å². The second kappa shape index (κ2) is 8.26. The molecule has 0 aliphatic carbocycles. The van der Waals surface area contributed by atoms with Gasteiger partial charge in [0.05, 0.1) is 12.5 Å². The average Bonchev–Trinajstić information content (AvgIpc) is 3.06. The summed E-state index contributed by atoms with van der Waals surface area (Å²) in [6, 6.07) is 9.45. The van der Waals surface area contributed by atoms with Crippen LogP contribution in [-0.2, 0) is 9.59 Å². The molecule has 7 heteroatoms. The van der Waals surface area contributed by atoms with Crippen molar-refractivity contribution in [2.75, 3.05) is 6.61 Å². The molecule has 6 nitrogen and oxygen atoms in total. The number of hydrogen-bond acceptors (Lipinski definition) is 5. The normalized spacial score (nSPS) is 11.5. The molecule has 24 heavy (non-hydrogen) atoms. The Balaban J connectivity index is 1.91. The van der Waals surface area contributed by atoms with Gasteiger partial charge in [-0.25, -0.2) is 0 Å². The highest BCUT2D eigenvalue weighted by molar-refractivity contribution is 7.10. The number of rotatable bonds is 8. The topological polar surface area (TPSA) is 92.7 Å². The molecule has 126 valence electrons. The van der Waals surface area contributed by atoms with Crippen molar-refractivity contribution >= 4 is 29.0 Å². The van der Waals surface area contributed by atoms with E-state index in [9.17, 15) is 14.4 Å². The Labute approximate surface area is 143 Å². The van der Waals surface area contributed by atoms with Gasteiger partial charge < -0.3 is 15.2 Å². The van der Waals surface area contributed by atoms with Crippen molar-refractivity contribution in [3.8, 4) is 5.75 Å². The van der Waals surface area contributed by atoms with Crippen LogP contribution in [0.4, 0.5) is 0 Å². The van der Waals surface area contributed by atoms with Crippen molar-refractivity contribution in [1.29, 1.82) is 0 Å². The van der Waals surface area contributed by atoms with Crippen LogP contribution in [-0.4, -0.2) is 29.4 Å². The molecule has 2 aromatic rings. The standard InChI is InChI=1S/C17H17NO5S/c1-11(19)12-4-6-13(7-5-12)23-10-16(20)18-14(9-17(21)22)15-3-2-8-24-15/h2-8,14H,9-10H2,1H3,(H,18,20)(H,21,22). The van der Waals surface area contributed by atoms with Gasteiger partial charge in [-0.05, 0) is 42.6 Å². The number of amides is 1. The van der Waals surface area contributed by atoms with Gasteiger partial charge in [-0.3, -0.25) is 14.4 Å². The third kappa shape index (κ3) is 5.20. The van der Waals surface area contributed by atoms with Crippen molar-refractivity contribution < 1.29 is 24.2 Å². The summed E-state index contributed by atoms with van der Waals surface area (Å²) in [6.07, 6.45) is -0.195. The number of carboxylic acids is 1. The molecule has 0 saturated heterocycles. The van der Waals surface area contributed by atoms with E-state index < -0.39 is 17.9 Å². The van der Waals surface area contributed by atoms with E-state index in [1.807, 2.05) is 5.38 Å². The van der Waals surface area contributed by atoms with Crippen LogP contribution in [0, 0.1) is 0 Å². The summed E-state index contributed by atoms with van der Waals surface area (Å²) >= 11 is 1.38.